The third-order valence-corrected chi connectivity index (χ3v) is 5.51. The molecule has 0 radical (unpaired) electrons. The molecule has 2 aliphatic heterocycles. The van der Waals surface area contributed by atoms with Gasteiger partial charge in [-0.25, -0.2) is 0 Å². The van der Waals surface area contributed by atoms with Crippen molar-refractivity contribution in [3.05, 3.63) is 30.3 Å². The molecule has 132 valence electrons. The van der Waals surface area contributed by atoms with Crippen molar-refractivity contribution in [1.82, 2.24) is 9.80 Å². The maximum Gasteiger partial charge on any atom is 0.239 e. The summed E-state index contributed by atoms with van der Waals surface area (Å²) in [5.41, 5.74) is 1.26. The molecule has 2 saturated heterocycles. The van der Waals surface area contributed by atoms with Crippen molar-refractivity contribution in [2.45, 2.75) is 33.2 Å². The van der Waals surface area contributed by atoms with Gasteiger partial charge in [-0.15, -0.1) is 0 Å². The van der Waals surface area contributed by atoms with E-state index in [9.17, 15) is 4.79 Å². The smallest absolute Gasteiger partial charge is 0.239 e. The standard InChI is InChI=1S/C20H31N3O/c1-16-13-17(2)15-23(14-16)18(3)20(24)22-11-9-21(10-12-22)19-7-5-4-6-8-19/h4-8,16-18H,9-15H2,1-3H3. The van der Waals surface area contributed by atoms with Crippen molar-refractivity contribution >= 4 is 11.6 Å². The minimum Gasteiger partial charge on any atom is -0.368 e. The second-order valence-corrected chi connectivity index (χ2v) is 7.72. The molecule has 1 aromatic rings. The van der Waals surface area contributed by atoms with Gasteiger partial charge >= 0.3 is 0 Å². The van der Waals surface area contributed by atoms with E-state index < -0.39 is 0 Å². The van der Waals surface area contributed by atoms with Crippen molar-refractivity contribution in [1.29, 1.82) is 0 Å². The van der Waals surface area contributed by atoms with Gasteiger partial charge in [-0.2, -0.15) is 0 Å². The molecule has 2 fully saturated rings. The Morgan fingerprint density at radius 3 is 2.17 bits per heavy atom. The van der Waals surface area contributed by atoms with Gasteiger partial charge in [0.25, 0.3) is 0 Å². The third-order valence-electron chi connectivity index (χ3n) is 5.51. The first kappa shape index (κ1) is 17.3. The molecule has 0 aliphatic carbocycles. The summed E-state index contributed by atoms with van der Waals surface area (Å²) in [4.78, 5) is 19.8. The summed E-state index contributed by atoms with van der Waals surface area (Å²) in [5, 5.41) is 0. The second kappa shape index (κ2) is 7.56. The number of piperidine rings is 1. The summed E-state index contributed by atoms with van der Waals surface area (Å²) >= 11 is 0. The summed E-state index contributed by atoms with van der Waals surface area (Å²) in [5.74, 6) is 1.70. The normalized spacial score (nSPS) is 27.1. The number of rotatable bonds is 3. The number of piperazine rings is 1. The van der Waals surface area contributed by atoms with E-state index in [1.807, 2.05) is 6.07 Å². The lowest BCUT2D eigenvalue weighted by molar-refractivity contribution is -0.137. The highest BCUT2D eigenvalue weighted by Crippen LogP contribution is 2.23. The Bertz CT molecular complexity index is 529. The SMILES string of the molecule is CC1CC(C)CN(C(C)C(=O)N2CCN(c3ccccc3)CC2)C1. The average Bonchev–Trinajstić information content (AvgIpc) is 2.60. The van der Waals surface area contributed by atoms with Crippen LogP contribution in [0, 0.1) is 11.8 Å². The average molecular weight is 329 g/mol. The van der Waals surface area contributed by atoms with Crippen LogP contribution in [0.2, 0.25) is 0 Å². The highest BCUT2D eigenvalue weighted by Gasteiger charge is 2.32. The zero-order valence-electron chi connectivity index (χ0n) is 15.3. The largest absolute Gasteiger partial charge is 0.368 e. The van der Waals surface area contributed by atoms with Crippen LogP contribution in [-0.4, -0.2) is 61.0 Å². The fraction of sp³-hybridized carbons (Fsp3) is 0.650. The van der Waals surface area contributed by atoms with Crippen molar-refractivity contribution in [3.8, 4) is 0 Å². The maximum absolute atomic E-state index is 12.9. The molecule has 3 unspecified atom stereocenters. The molecule has 1 aromatic carbocycles. The van der Waals surface area contributed by atoms with Crippen LogP contribution in [0.15, 0.2) is 30.3 Å². The predicted octanol–water partition coefficient (Wildman–Crippen LogP) is 2.70. The zero-order valence-corrected chi connectivity index (χ0v) is 15.3. The molecule has 4 nitrogen and oxygen atoms in total. The Labute approximate surface area is 146 Å². The summed E-state index contributed by atoms with van der Waals surface area (Å²) in [6.45, 7) is 12.3. The Morgan fingerprint density at radius 1 is 1.00 bits per heavy atom. The monoisotopic (exact) mass is 329 g/mol. The topological polar surface area (TPSA) is 26.8 Å². The van der Waals surface area contributed by atoms with Crippen molar-refractivity contribution in [3.63, 3.8) is 0 Å². The molecule has 1 amide bonds. The van der Waals surface area contributed by atoms with Crippen LogP contribution in [0.3, 0.4) is 0 Å². The fourth-order valence-corrected chi connectivity index (χ4v) is 4.27. The molecule has 2 aliphatic rings. The first-order chi connectivity index (χ1) is 11.5. The predicted molar refractivity (Wildman–Crippen MR) is 99.2 cm³/mol. The van der Waals surface area contributed by atoms with Crippen LogP contribution in [0.5, 0.6) is 0 Å². The zero-order chi connectivity index (χ0) is 17.1. The number of likely N-dealkylation sites (tertiary alicyclic amines) is 1. The van der Waals surface area contributed by atoms with Crippen molar-refractivity contribution < 1.29 is 4.79 Å². The van der Waals surface area contributed by atoms with E-state index >= 15 is 0 Å². The minimum atomic E-state index is 0.0125. The van der Waals surface area contributed by atoms with E-state index in [1.165, 1.54) is 12.1 Å². The Hall–Kier alpha value is -1.55. The molecular formula is C20H31N3O. The molecule has 0 N–H and O–H groups in total. The lowest BCUT2D eigenvalue weighted by Gasteiger charge is -2.42. The second-order valence-electron chi connectivity index (χ2n) is 7.72. The van der Waals surface area contributed by atoms with Gasteiger partial charge in [0.15, 0.2) is 0 Å². The van der Waals surface area contributed by atoms with Gasteiger partial charge in [-0.05, 0) is 37.3 Å². The van der Waals surface area contributed by atoms with Crippen molar-refractivity contribution in [2.75, 3.05) is 44.2 Å². The Morgan fingerprint density at radius 2 is 1.58 bits per heavy atom. The number of hydrogen-bond donors (Lipinski definition) is 0. The number of carbonyl (C=O) groups is 1. The number of carbonyl (C=O) groups excluding carboxylic acids is 1. The van der Waals surface area contributed by atoms with E-state index in [2.05, 4.69) is 59.7 Å². The van der Waals surface area contributed by atoms with Gasteiger partial charge < -0.3 is 9.80 Å². The van der Waals surface area contributed by atoms with Crippen LogP contribution >= 0.6 is 0 Å². The molecule has 2 heterocycles. The first-order valence-electron chi connectivity index (χ1n) is 9.37. The van der Waals surface area contributed by atoms with Gasteiger partial charge in [-0.3, -0.25) is 9.69 Å². The Balaban J connectivity index is 1.55. The highest BCUT2D eigenvalue weighted by atomic mass is 16.2. The van der Waals surface area contributed by atoms with E-state index in [4.69, 9.17) is 0 Å². The molecule has 0 bridgehead atoms. The number of nitrogens with zero attached hydrogens (tertiary/aromatic N) is 3. The van der Waals surface area contributed by atoms with Gasteiger partial charge in [-0.1, -0.05) is 32.0 Å². The Kier molecular flexibility index (Phi) is 5.44. The van der Waals surface area contributed by atoms with Crippen LogP contribution in [-0.2, 0) is 4.79 Å². The molecule has 0 aromatic heterocycles. The quantitative estimate of drug-likeness (QED) is 0.853. The lowest BCUT2D eigenvalue weighted by atomic mass is 9.91. The number of hydrogen-bond acceptors (Lipinski definition) is 3. The minimum absolute atomic E-state index is 0.0125. The molecule has 3 atom stereocenters. The molecule has 0 spiro atoms. The summed E-state index contributed by atoms with van der Waals surface area (Å²) in [7, 11) is 0. The molecule has 4 heteroatoms. The summed E-state index contributed by atoms with van der Waals surface area (Å²) < 4.78 is 0. The van der Waals surface area contributed by atoms with Crippen LogP contribution in [0.4, 0.5) is 5.69 Å². The van der Waals surface area contributed by atoms with Crippen LogP contribution in [0.25, 0.3) is 0 Å². The molecule has 0 saturated carbocycles. The van der Waals surface area contributed by atoms with E-state index in [0.717, 1.165) is 39.3 Å². The van der Waals surface area contributed by atoms with E-state index in [-0.39, 0.29) is 6.04 Å². The summed E-state index contributed by atoms with van der Waals surface area (Å²) in [6.07, 6.45) is 1.28. The van der Waals surface area contributed by atoms with E-state index in [1.54, 1.807) is 0 Å². The van der Waals surface area contributed by atoms with Gasteiger partial charge in [0.1, 0.15) is 0 Å². The third kappa shape index (κ3) is 3.92. The first-order valence-corrected chi connectivity index (χ1v) is 9.37. The fourth-order valence-electron chi connectivity index (χ4n) is 4.27. The number of benzene rings is 1. The number of amides is 1. The maximum atomic E-state index is 12.9. The van der Waals surface area contributed by atoms with Crippen LogP contribution < -0.4 is 4.90 Å². The van der Waals surface area contributed by atoms with Crippen LogP contribution in [0.1, 0.15) is 27.2 Å². The number of anilines is 1. The lowest BCUT2D eigenvalue weighted by Crippen LogP contribution is -2.56. The van der Waals surface area contributed by atoms with Gasteiger partial charge in [0.05, 0.1) is 6.04 Å². The van der Waals surface area contributed by atoms with Gasteiger partial charge in [0.2, 0.25) is 5.91 Å². The molecule has 24 heavy (non-hydrogen) atoms. The van der Waals surface area contributed by atoms with Gasteiger partial charge in [0, 0.05) is 45.0 Å². The number of para-hydroxylation sites is 1. The summed E-state index contributed by atoms with van der Waals surface area (Å²) in [6, 6.07) is 10.5. The van der Waals surface area contributed by atoms with Crippen molar-refractivity contribution in [2.24, 2.45) is 11.8 Å². The van der Waals surface area contributed by atoms with E-state index in [0.29, 0.717) is 17.7 Å². The highest BCUT2D eigenvalue weighted by molar-refractivity contribution is 5.81. The molecule has 3 rings (SSSR count). The molecular weight excluding hydrogens is 298 g/mol.